The highest BCUT2D eigenvalue weighted by Crippen LogP contribution is 2.05. The van der Waals surface area contributed by atoms with Crippen molar-refractivity contribution in [2.45, 2.75) is 12.7 Å². The molecule has 0 atom stereocenters. The Kier molecular flexibility index (Phi) is 4.99. The van der Waals surface area contributed by atoms with E-state index in [9.17, 15) is 18.0 Å². The fourth-order valence-electron chi connectivity index (χ4n) is 1.40. The smallest absolute Gasteiger partial charge is 0.354 e. The van der Waals surface area contributed by atoms with Gasteiger partial charge in [0.25, 0.3) is 0 Å². The van der Waals surface area contributed by atoms with Crippen molar-refractivity contribution in [2.24, 2.45) is 0 Å². The fraction of sp³-hybridized carbons (Fsp3) is 0.364. The average Bonchev–Trinajstić information content (AvgIpc) is 2.27. The van der Waals surface area contributed by atoms with Gasteiger partial charge in [-0.15, -0.1) is 0 Å². The molecule has 19 heavy (non-hydrogen) atoms. The average molecular weight is 286 g/mol. The van der Waals surface area contributed by atoms with Crippen molar-refractivity contribution in [1.29, 1.82) is 0 Å². The topological polar surface area (TPSA) is 113 Å². The van der Waals surface area contributed by atoms with Crippen molar-refractivity contribution in [3.8, 4) is 0 Å². The first-order chi connectivity index (χ1) is 8.84. The molecule has 0 bridgehead atoms. The van der Waals surface area contributed by atoms with E-state index in [0.717, 1.165) is 0 Å². The van der Waals surface area contributed by atoms with E-state index in [-0.39, 0.29) is 11.4 Å². The van der Waals surface area contributed by atoms with Crippen LogP contribution in [0.15, 0.2) is 18.2 Å². The number of aromatic nitrogens is 1. The lowest BCUT2D eigenvalue weighted by Gasteiger charge is -2.05. The molecule has 1 heterocycles. The van der Waals surface area contributed by atoms with Gasteiger partial charge in [0.2, 0.25) is 5.91 Å². The predicted octanol–water partition coefficient (Wildman–Crippen LogP) is -0.169. The van der Waals surface area contributed by atoms with E-state index in [1.54, 1.807) is 6.92 Å². The summed E-state index contributed by atoms with van der Waals surface area (Å²) in [5, 5.41) is 11.1. The maximum absolute atomic E-state index is 11.7. The predicted molar refractivity (Wildman–Crippen MR) is 67.4 cm³/mol. The van der Waals surface area contributed by atoms with Gasteiger partial charge in [0.05, 0.1) is 11.4 Å². The number of aromatic carboxylic acids is 1. The molecule has 0 spiro atoms. The number of sulfone groups is 1. The second-order valence-electron chi connectivity index (χ2n) is 3.81. The number of carboxylic acid groups (broad SMARTS) is 1. The highest BCUT2D eigenvalue weighted by molar-refractivity contribution is 7.91. The van der Waals surface area contributed by atoms with Crippen LogP contribution in [0.5, 0.6) is 0 Å². The van der Waals surface area contributed by atoms with Crippen molar-refractivity contribution >= 4 is 21.7 Å². The number of carboxylic acids is 1. The van der Waals surface area contributed by atoms with Gasteiger partial charge >= 0.3 is 5.97 Å². The summed E-state index contributed by atoms with van der Waals surface area (Å²) in [6, 6.07) is 4.08. The van der Waals surface area contributed by atoms with Crippen LogP contribution in [0, 0.1) is 0 Å². The number of nitrogens with zero attached hydrogens (tertiary/aromatic N) is 1. The van der Waals surface area contributed by atoms with Gasteiger partial charge in [0.1, 0.15) is 11.4 Å². The molecule has 2 N–H and O–H groups in total. The van der Waals surface area contributed by atoms with Crippen LogP contribution in [0.4, 0.5) is 0 Å². The molecule has 0 fully saturated rings. The van der Waals surface area contributed by atoms with Crippen LogP contribution in [0.25, 0.3) is 0 Å². The number of hydrogen-bond acceptors (Lipinski definition) is 5. The largest absolute Gasteiger partial charge is 0.477 e. The Labute approximate surface area is 110 Å². The summed E-state index contributed by atoms with van der Waals surface area (Å²) in [5.41, 5.74) is -0.130. The lowest BCUT2D eigenvalue weighted by molar-refractivity contribution is -0.118. The van der Waals surface area contributed by atoms with Crippen LogP contribution < -0.4 is 5.32 Å². The van der Waals surface area contributed by atoms with Crippen molar-refractivity contribution in [2.75, 3.05) is 12.3 Å². The molecule has 1 amide bonds. The molecule has 0 saturated heterocycles. The first-order valence-electron chi connectivity index (χ1n) is 5.50. The minimum absolute atomic E-state index is 0.101. The summed E-state index contributed by atoms with van der Waals surface area (Å²) in [4.78, 5) is 25.6. The normalized spacial score (nSPS) is 11.0. The Hall–Kier alpha value is -1.96. The summed E-state index contributed by atoms with van der Waals surface area (Å²) >= 11 is 0. The lowest BCUT2D eigenvalue weighted by Crippen LogP contribution is -2.30. The second-order valence-corrected chi connectivity index (χ2v) is 5.87. The molecule has 1 aromatic heterocycles. The molecule has 0 unspecified atom stereocenters. The first-order valence-corrected chi connectivity index (χ1v) is 7.32. The number of pyridine rings is 1. The number of nitrogens with one attached hydrogen (secondary N) is 1. The number of rotatable bonds is 6. The van der Waals surface area contributed by atoms with Crippen LogP contribution in [0.2, 0.25) is 0 Å². The SMILES string of the molecule is CCNC(=O)CS(=O)(=O)Cc1cccc(C(=O)O)n1. The summed E-state index contributed by atoms with van der Waals surface area (Å²) in [6.45, 7) is 2.03. The monoisotopic (exact) mass is 286 g/mol. The van der Waals surface area contributed by atoms with E-state index in [4.69, 9.17) is 5.11 Å². The van der Waals surface area contributed by atoms with Gasteiger partial charge in [0.15, 0.2) is 9.84 Å². The molecule has 0 aromatic carbocycles. The maximum Gasteiger partial charge on any atom is 0.354 e. The van der Waals surface area contributed by atoms with E-state index in [2.05, 4.69) is 10.3 Å². The number of carbonyl (C=O) groups excluding carboxylic acids is 1. The quantitative estimate of drug-likeness (QED) is 0.750. The Morgan fingerprint density at radius 1 is 1.37 bits per heavy atom. The van der Waals surface area contributed by atoms with Gasteiger partial charge in [-0.1, -0.05) is 6.07 Å². The molecule has 7 nitrogen and oxygen atoms in total. The Bertz CT molecular complexity index is 583. The zero-order valence-corrected chi connectivity index (χ0v) is 11.1. The van der Waals surface area contributed by atoms with E-state index < -0.39 is 33.2 Å². The van der Waals surface area contributed by atoms with Gasteiger partial charge < -0.3 is 10.4 Å². The molecule has 0 saturated carbocycles. The van der Waals surface area contributed by atoms with Gasteiger partial charge in [-0.3, -0.25) is 4.79 Å². The zero-order chi connectivity index (χ0) is 14.5. The van der Waals surface area contributed by atoms with Gasteiger partial charge in [-0.25, -0.2) is 18.2 Å². The zero-order valence-electron chi connectivity index (χ0n) is 10.3. The molecule has 1 rings (SSSR count). The molecule has 0 aliphatic heterocycles. The third kappa shape index (κ3) is 5.04. The van der Waals surface area contributed by atoms with E-state index in [1.165, 1.54) is 18.2 Å². The van der Waals surface area contributed by atoms with E-state index in [1.807, 2.05) is 0 Å². The van der Waals surface area contributed by atoms with E-state index >= 15 is 0 Å². The summed E-state index contributed by atoms with van der Waals surface area (Å²) in [6.07, 6.45) is 0. The highest BCUT2D eigenvalue weighted by Gasteiger charge is 2.18. The van der Waals surface area contributed by atoms with Crippen LogP contribution in [0.3, 0.4) is 0 Å². The van der Waals surface area contributed by atoms with Crippen molar-refractivity contribution in [3.05, 3.63) is 29.6 Å². The molecule has 0 aliphatic carbocycles. The molecular formula is C11H14N2O5S. The fourth-order valence-corrected chi connectivity index (χ4v) is 2.62. The molecule has 0 aliphatic rings. The maximum atomic E-state index is 11.7. The lowest BCUT2D eigenvalue weighted by atomic mass is 10.3. The molecular weight excluding hydrogens is 272 g/mol. The van der Waals surface area contributed by atoms with Crippen LogP contribution >= 0.6 is 0 Å². The number of hydrogen-bond donors (Lipinski definition) is 2. The summed E-state index contributed by atoms with van der Waals surface area (Å²) < 4.78 is 23.4. The Balaban J connectivity index is 2.81. The van der Waals surface area contributed by atoms with Crippen molar-refractivity contribution in [3.63, 3.8) is 0 Å². The second kappa shape index (κ2) is 6.28. The highest BCUT2D eigenvalue weighted by atomic mass is 32.2. The molecule has 0 radical (unpaired) electrons. The molecule has 8 heteroatoms. The minimum Gasteiger partial charge on any atom is -0.477 e. The van der Waals surface area contributed by atoms with Gasteiger partial charge in [-0.05, 0) is 19.1 Å². The third-order valence-corrected chi connectivity index (χ3v) is 3.56. The standard InChI is InChI=1S/C11H14N2O5S/c1-2-12-10(14)7-19(17,18)6-8-4-3-5-9(13-8)11(15)16/h3-5H,2,6-7H2,1H3,(H,12,14)(H,15,16). The first kappa shape index (κ1) is 15.1. The molecule has 104 valence electrons. The van der Waals surface area contributed by atoms with E-state index in [0.29, 0.717) is 6.54 Å². The van der Waals surface area contributed by atoms with Crippen molar-refractivity contribution in [1.82, 2.24) is 10.3 Å². The summed E-state index contributed by atoms with van der Waals surface area (Å²) in [7, 11) is -3.67. The third-order valence-electron chi connectivity index (χ3n) is 2.12. The van der Waals surface area contributed by atoms with Crippen LogP contribution in [-0.4, -0.2) is 42.7 Å². The van der Waals surface area contributed by atoms with Crippen LogP contribution in [0.1, 0.15) is 23.1 Å². The molecule has 1 aromatic rings. The van der Waals surface area contributed by atoms with Crippen LogP contribution in [-0.2, 0) is 20.4 Å². The summed E-state index contributed by atoms with van der Waals surface area (Å²) in [5.74, 6) is -2.93. The Morgan fingerprint density at radius 2 is 2.05 bits per heavy atom. The van der Waals surface area contributed by atoms with Gasteiger partial charge in [-0.2, -0.15) is 0 Å². The van der Waals surface area contributed by atoms with Gasteiger partial charge in [0, 0.05) is 6.54 Å². The van der Waals surface area contributed by atoms with Crippen molar-refractivity contribution < 1.29 is 23.1 Å². The minimum atomic E-state index is -3.67. The Morgan fingerprint density at radius 3 is 2.63 bits per heavy atom. The number of amides is 1. The number of carbonyl (C=O) groups is 2.